The van der Waals surface area contributed by atoms with E-state index >= 15 is 0 Å². The summed E-state index contributed by atoms with van der Waals surface area (Å²) in [5.41, 5.74) is 0. The van der Waals surface area contributed by atoms with Gasteiger partial charge in [0.05, 0.1) is 0 Å². The molecule has 0 radical (unpaired) electrons. The van der Waals surface area contributed by atoms with Gasteiger partial charge in [0.1, 0.15) is 0 Å². The molecular weight excluding hydrogens is 263 g/mol. The van der Waals surface area contributed by atoms with Crippen LogP contribution in [0.3, 0.4) is 0 Å². The van der Waals surface area contributed by atoms with Crippen molar-refractivity contribution in [1.82, 2.24) is 0 Å². The van der Waals surface area contributed by atoms with Crippen molar-refractivity contribution in [2.24, 2.45) is 0 Å². The van der Waals surface area contributed by atoms with Crippen LogP contribution in [0.25, 0.3) is 0 Å². The summed E-state index contributed by atoms with van der Waals surface area (Å²) >= 11 is 1.84. The average Bonchev–Trinajstić information content (AvgIpc) is 1.89. The topological polar surface area (TPSA) is 74.6 Å². The number of hydrogen-bond donors (Lipinski definition) is 2. The Labute approximate surface area is 77.1 Å². The molecule has 0 aromatic rings. The third kappa shape index (κ3) is 27.6. The number of carboxylic acids is 2. The number of aliphatic carboxylic acids is 2. The Balaban J connectivity index is 0. The largest absolute Gasteiger partial charge is 0.478 e. The van der Waals surface area contributed by atoms with Gasteiger partial charge >= 0.3 is 11.9 Å². The zero-order valence-electron chi connectivity index (χ0n) is 5.32. The fourth-order valence-electron chi connectivity index (χ4n) is 0.0539. The van der Waals surface area contributed by atoms with E-state index in [4.69, 9.17) is 15.0 Å². The summed E-state index contributed by atoms with van der Waals surface area (Å²) in [5.74, 6) is -0.672. The van der Waals surface area contributed by atoms with Gasteiger partial charge in [-0.25, -0.2) is 9.59 Å². The second-order valence-electron chi connectivity index (χ2n) is 1.08. The molecule has 0 bridgehead atoms. The predicted octanol–water partition coefficient (Wildman–Crippen LogP) is 0.724. The molecule has 4 nitrogen and oxygen atoms in total. The molecule has 0 fully saturated rings. The highest BCUT2D eigenvalue weighted by molar-refractivity contribution is 14.1. The molecule has 0 aromatic heterocycles. The van der Waals surface area contributed by atoms with Gasteiger partial charge < -0.3 is 10.2 Å². The van der Waals surface area contributed by atoms with E-state index in [9.17, 15) is 4.79 Å². The van der Waals surface area contributed by atoms with Crippen LogP contribution in [0, 0.1) is 12.3 Å². The van der Waals surface area contributed by atoms with E-state index < -0.39 is 11.9 Å². The van der Waals surface area contributed by atoms with Gasteiger partial charge in [-0.1, -0.05) is 22.6 Å². The molecule has 0 atom stereocenters. The Kier molecular flexibility index (Phi) is 10.3. The molecule has 0 unspecified atom stereocenters. The lowest BCUT2D eigenvalue weighted by atomic mass is 10.7. The third-order valence-corrected chi connectivity index (χ3v) is 0.689. The van der Waals surface area contributed by atoms with E-state index in [-0.39, 0.29) is 0 Å². The quantitative estimate of drug-likeness (QED) is 0.417. The van der Waals surface area contributed by atoms with Gasteiger partial charge in [0.15, 0.2) is 0 Å². The molecule has 0 aliphatic carbocycles. The Bertz CT molecular complexity index is 201. The minimum absolute atomic E-state index is 0.899. The molecular formula is C6H5IO4. The first-order chi connectivity index (χ1) is 5.04. The zero-order chi connectivity index (χ0) is 9.28. The van der Waals surface area contributed by atoms with Crippen LogP contribution >= 0.6 is 22.6 Å². The molecule has 11 heavy (non-hydrogen) atoms. The SMILES string of the molecule is C#CC(=O)O.O=C(O)/C=C\I. The first kappa shape index (κ1) is 12.6. The van der Waals surface area contributed by atoms with E-state index in [1.165, 1.54) is 10.0 Å². The van der Waals surface area contributed by atoms with Crippen LogP contribution in [0.15, 0.2) is 10.2 Å². The molecule has 0 rings (SSSR count). The smallest absolute Gasteiger partial charge is 0.381 e. The summed E-state index contributed by atoms with van der Waals surface area (Å²) < 4.78 is 1.44. The first-order valence-corrected chi connectivity index (χ1v) is 3.48. The number of hydrogen-bond acceptors (Lipinski definition) is 2. The molecule has 60 valence electrons. The summed E-state index contributed by atoms with van der Waals surface area (Å²) in [7, 11) is 0. The second kappa shape index (κ2) is 8.97. The number of rotatable bonds is 1. The fourth-order valence-corrected chi connectivity index (χ4v) is 0.361. The lowest BCUT2D eigenvalue weighted by molar-refractivity contribution is -0.132. The molecule has 0 amide bonds. The van der Waals surface area contributed by atoms with Crippen molar-refractivity contribution in [3.63, 3.8) is 0 Å². The molecule has 0 saturated carbocycles. The first-order valence-electron chi connectivity index (χ1n) is 2.23. The molecule has 5 heteroatoms. The summed E-state index contributed by atoms with van der Waals surface area (Å²) in [4.78, 5) is 18.6. The van der Waals surface area contributed by atoms with E-state index in [2.05, 4.69) is 6.42 Å². The number of terminal acetylenes is 1. The summed E-state index contributed by atoms with van der Waals surface area (Å²) in [6.07, 6.45) is 5.39. The van der Waals surface area contributed by atoms with Crippen molar-refractivity contribution in [2.75, 3.05) is 0 Å². The Morgan fingerprint density at radius 2 is 1.82 bits per heavy atom. The normalized spacial score (nSPS) is 7.64. The third-order valence-electron chi connectivity index (χ3n) is 0.329. The molecule has 0 heterocycles. The van der Waals surface area contributed by atoms with E-state index in [0.717, 1.165) is 6.08 Å². The Morgan fingerprint density at radius 1 is 1.45 bits per heavy atom. The zero-order valence-corrected chi connectivity index (χ0v) is 7.48. The second-order valence-corrected chi connectivity index (χ2v) is 1.80. The van der Waals surface area contributed by atoms with Gasteiger partial charge in [0.25, 0.3) is 0 Å². The van der Waals surface area contributed by atoms with Gasteiger partial charge in [-0.3, -0.25) is 0 Å². The monoisotopic (exact) mass is 268 g/mol. The summed E-state index contributed by atoms with van der Waals surface area (Å²) in [5, 5.41) is 15.3. The molecule has 0 aliphatic rings. The van der Waals surface area contributed by atoms with Crippen molar-refractivity contribution in [2.45, 2.75) is 0 Å². The van der Waals surface area contributed by atoms with E-state index in [0.29, 0.717) is 0 Å². The molecule has 2 N–H and O–H groups in total. The van der Waals surface area contributed by atoms with Crippen LogP contribution in [0.1, 0.15) is 0 Å². The Hall–Kier alpha value is -1.03. The molecule has 0 aromatic carbocycles. The molecule has 0 saturated heterocycles. The summed E-state index contributed by atoms with van der Waals surface area (Å²) in [6.45, 7) is 0. The van der Waals surface area contributed by atoms with Gasteiger partial charge in [0, 0.05) is 12.0 Å². The number of carbonyl (C=O) groups is 2. The van der Waals surface area contributed by atoms with Gasteiger partial charge in [-0.2, -0.15) is 0 Å². The van der Waals surface area contributed by atoms with Crippen LogP contribution in [0.4, 0.5) is 0 Å². The fraction of sp³-hybridized carbons (Fsp3) is 0. The summed E-state index contributed by atoms with van der Waals surface area (Å²) in [6, 6.07) is 0. The highest BCUT2D eigenvalue weighted by Crippen LogP contribution is 1.80. The van der Waals surface area contributed by atoms with Crippen LogP contribution in [-0.2, 0) is 9.59 Å². The number of carboxylic acid groups (broad SMARTS) is 2. The van der Waals surface area contributed by atoms with E-state index in [1.807, 2.05) is 22.6 Å². The van der Waals surface area contributed by atoms with Gasteiger partial charge in [-0.05, 0) is 4.08 Å². The highest BCUT2D eigenvalue weighted by Gasteiger charge is 1.77. The number of halogens is 1. The minimum Gasteiger partial charge on any atom is -0.478 e. The standard InChI is InChI=1S/C3H3IO2.C3H2O2/c4-2-1-3(5)6;1-2-3(4)5/h1-2H,(H,5,6);1H,(H,4,5)/b2-1-;. The lowest BCUT2D eigenvalue weighted by Crippen LogP contribution is -1.83. The molecule has 0 spiro atoms. The average molecular weight is 268 g/mol. The van der Waals surface area contributed by atoms with Crippen LogP contribution < -0.4 is 0 Å². The lowest BCUT2D eigenvalue weighted by Gasteiger charge is -1.67. The maximum absolute atomic E-state index is 9.51. The van der Waals surface area contributed by atoms with Crippen LogP contribution in [-0.4, -0.2) is 22.2 Å². The van der Waals surface area contributed by atoms with Crippen molar-refractivity contribution >= 4 is 34.5 Å². The van der Waals surface area contributed by atoms with Gasteiger partial charge in [0.2, 0.25) is 0 Å². The minimum atomic E-state index is -1.22. The maximum Gasteiger partial charge on any atom is 0.381 e. The van der Waals surface area contributed by atoms with Crippen molar-refractivity contribution in [3.05, 3.63) is 10.2 Å². The predicted molar refractivity (Wildman–Crippen MR) is 47.3 cm³/mol. The van der Waals surface area contributed by atoms with Crippen LogP contribution in [0.5, 0.6) is 0 Å². The van der Waals surface area contributed by atoms with Gasteiger partial charge in [-0.15, -0.1) is 6.42 Å². The highest BCUT2D eigenvalue weighted by atomic mass is 127. The van der Waals surface area contributed by atoms with E-state index in [1.54, 1.807) is 0 Å². The van der Waals surface area contributed by atoms with Crippen molar-refractivity contribution in [1.29, 1.82) is 0 Å². The maximum atomic E-state index is 9.51. The van der Waals surface area contributed by atoms with Crippen molar-refractivity contribution in [3.8, 4) is 12.3 Å². The van der Waals surface area contributed by atoms with Crippen molar-refractivity contribution < 1.29 is 19.8 Å². The Morgan fingerprint density at radius 3 is 1.82 bits per heavy atom. The molecule has 0 aliphatic heterocycles. The van der Waals surface area contributed by atoms with Crippen LogP contribution in [0.2, 0.25) is 0 Å².